The van der Waals surface area contributed by atoms with E-state index in [0.717, 1.165) is 19.7 Å². The average Bonchev–Trinajstić information content (AvgIpc) is 2.23. The van der Waals surface area contributed by atoms with Gasteiger partial charge in [0.05, 0.1) is 11.6 Å². The largest absolute Gasteiger partial charge is 0.376 e. The van der Waals surface area contributed by atoms with Gasteiger partial charge in [0, 0.05) is 25.7 Å². The lowest BCUT2D eigenvalue weighted by atomic mass is 9.86. The van der Waals surface area contributed by atoms with Crippen molar-refractivity contribution in [2.45, 2.75) is 36.9 Å². The number of hydrogen-bond donors (Lipinski definition) is 2. The van der Waals surface area contributed by atoms with Gasteiger partial charge >= 0.3 is 0 Å². The van der Waals surface area contributed by atoms with Gasteiger partial charge in [-0.15, -0.1) is 0 Å². The molecule has 0 aliphatic carbocycles. The molecule has 3 heterocycles. The highest BCUT2D eigenvalue weighted by atomic mass is 16.5. The minimum Gasteiger partial charge on any atom is -0.376 e. The molecule has 0 unspecified atom stereocenters. The summed E-state index contributed by atoms with van der Waals surface area (Å²) in [6.45, 7) is 2.88. The molecule has 2 bridgehead atoms. The van der Waals surface area contributed by atoms with E-state index in [1.165, 1.54) is 19.3 Å². The standard InChI is InChI=1S/C9H17N3O/c10-12-5-7-1-3-9(6-12,11-7)8-2-4-13-8/h7-8,11H,1-6,10H2/t7-,8+,9+/m0/s1. The summed E-state index contributed by atoms with van der Waals surface area (Å²) in [7, 11) is 0. The normalized spacial score (nSPS) is 50.5. The van der Waals surface area contributed by atoms with Crippen molar-refractivity contribution in [1.82, 2.24) is 10.3 Å². The number of hydrogen-bond acceptors (Lipinski definition) is 4. The molecule has 3 rings (SSSR count). The molecule has 3 aliphatic heterocycles. The van der Waals surface area contributed by atoms with Crippen LogP contribution >= 0.6 is 0 Å². The molecule has 0 aromatic carbocycles. The zero-order valence-corrected chi connectivity index (χ0v) is 7.83. The number of nitrogens with zero attached hydrogens (tertiary/aromatic N) is 1. The van der Waals surface area contributed by atoms with Crippen LogP contribution in [0.5, 0.6) is 0 Å². The van der Waals surface area contributed by atoms with E-state index < -0.39 is 0 Å². The fraction of sp³-hybridized carbons (Fsp3) is 1.00. The van der Waals surface area contributed by atoms with E-state index in [0.29, 0.717) is 12.1 Å². The molecule has 3 atom stereocenters. The number of piperazine rings is 1. The summed E-state index contributed by atoms with van der Waals surface area (Å²) in [6, 6.07) is 0.600. The van der Waals surface area contributed by atoms with Gasteiger partial charge in [-0.1, -0.05) is 0 Å². The van der Waals surface area contributed by atoms with Gasteiger partial charge in [-0.2, -0.15) is 0 Å². The van der Waals surface area contributed by atoms with Crippen molar-refractivity contribution in [3.8, 4) is 0 Å². The van der Waals surface area contributed by atoms with Crippen LogP contribution in [-0.4, -0.2) is 42.4 Å². The number of fused-ring (bicyclic) bond motifs is 2. The Labute approximate surface area is 78.4 Å². The van der Waals surface area contributed by atoms with Crippen molar-refractivity contribution in [2.75, 3.05) is 19.7 Å². The van der Waals surface area contributed by atoms with Gasteiger partial charge in [0.25, 0.3) is 0 Å². The Morgan fingerprint density at radius 3 is 3.00 bits per heavy atom. The van der Waals surface area contributed by atoms with Crippen molar-refractivity contribution in [1.29, 1.82) is 0 Å². The van der Waals surface area contributed by atoms with Crippen LogP contribution in [0.25, 0.3) is 0 Å². The van der Waals surface area contributed by atoms with Crippen LogP contribution in [-0.2, 0) is 4.74 Å². The van der Waals surface area contributed by atoms with E-state index in [1.807, 2.05) is 5.01 Å². The summed E-state index contributed by atoms with van der Waals surface area (Å²) in [6.07, 6.45) is 4.11. The molecule has 13 heavy (non-hydrogen) atoms. The summed E-state index contributed by atoms with van der Waals surface area (Å²) in [5.74, 6) is 5.90. The average molecular weight is 183 g/mol. The summed E-state index contributed by atoms with van der Waals surface area (Å²) in [4.78, 5) is 0. The summed E-state index contributed by atoms with van der Waals surface area (Å²) in [5.41, 5.74) is 0.190. The Morgan fingerprint density at radius 2 is 2.31 bits per heavy atom. The van der Waals surface area contributed by atoms with Crippen LogP contribution < -0.4 is 11.2 Å². The van der Waals surface area contributed by atoms with E-state index in [9.17, 15) is 0 Å². The zero-order valence-electron chi connectivity index (χ0n) is 7.83. The Balaban J connectivity index is 1.81. The second-order valence-electron chi connectivity index (χ2n) is 4.61. The molecule has 4 heteroatoms. The lowest BCUT2D eigenvalue weighted by molar-refractivity contribution is -0.114. The van der Waals surface area contributed by atoms with Crippen molar-refractivity contribution in [2.24, 2.45) is 5.84 Å². The molecule has 0 amide bonds. The first-order chi connectivity index (χ1) is 6.28. The molecular formula is C9H17N3O. The highest BCUT2D eigenvalue weighted by molar-refractivity contribution is 5.09. The lowest BCUT2D eigenvalue weighted by Crippen LogP contribution is -2.68. The van der Waals surface area contributed by atoms with Crippen molar-refractivity contribution >= 4 is 0 Å². The van der Waals surface area contributed by atoms with Gasteiger partial charge in [-0.3, -0.25) is 5.84 Å². The molecule has 3 fully saturated rings. The fourth-order valence-corrected chi connectivity index (χ4v) is 2.98. The molecule has 3 aliphatic rings. The van der Waals surface area contributed by atoms with E-state index in [-0.39, 0.29) is 5.54 Å². The fourth-order valence-electron chi connectivity index (χ4n) is 2.98. The minimum absolute atomic E-state index is 0.190. The first-order valence-electron chi connectivity index (χ1n) is 5.17. The first-order valence-corrected chi connectivity index (χ1v) is 5.17. The molecular weight excluding hydrogens is 166 g/mol. The third-order valence-corrected chi connectivity index (χ3v) is 3.69. The van der Waals surface area contributed by atoms with Crippen LogP contribution in [0.4, 0.5) is 0 Å². The van der Waals surface area contributed by atoms with Gasteiger partial charge in [0.15, 0.2) is 0 Å². The third kappa shape index (κ3) is 1.13. The second kappa shape index (κ2) is 2.67. The summed E-state index contributed by atoms with van der Waals surface area (Å²) < 4.78 is 5.59. The molecule has 0 radical (unpaired) electrons. The molecule has 0 spiro atoms. The van der Waals surface area contributed by atoms with Crippen LogP contribution in [0, 0.1) is 0 Å². The van der Waals surface area contributed by atoms with E-state index in [1.54, 1.807) is 0 Å². The van der Waals surface area contributed by atoms with E-state index in [2.05, 4.69) is 5.32 Å². The van der Waals surface area contributed by atoms with E-state index in [4.69, 9.17) is 10.6 Å². The number of hydrazine groups is 1. The van der Waals surface area contributed by atoms with Crippen LogP contribution in [0.3, 0.4) is 0 Å². The quantitative estimate of drug-likeness (QED) is 0.536. The predicted molar refractivity (Wildman–Crippen MR) is 49.0 cm³/mol. The first kappa shape index (κ1) is 8.17. The Hall–Kier alpha value is -0.160. The maximum Gasteiger partial charge on any atom is 0.0791 e. The minimum atomic E-state index is 0.190. The highest BCUT2D eigenvalue weighted by Crippen LogP contribution is 2.37. The van der Waals surface area contributed by atoms with Crippen molar-refractivity contribution in [3.05, 3.63) is 0 Å². The molecule has 0 aromatic rings. The smallest absolute Gasteiger partial charge is 0.0791 e. The lowest BCUT2D eigenvalue weighted by Gasteiger charge is -2.47. The third-order valence-electron chi connectivity index (χ3n) is 3.69. The number of rotatable bonds is 1. The predicted octanol–water partition coefficient (Wildman–Crippen LogP) is -0.545. The molecule has 0 aromatic heterocycles. The number of ether oxygens (including phenoxy) is 1. The van der Waals surface area contributed by atoms with E-state index >= 15 is 0 Å². The Morgan fingerprint density at radius 1 is 1.46 bits per heavy atom. The maximum atomic E-state index is 5.90. The Kier molecular flexibility index (Phi) is 1.68. The molecule has 74 valence electrons. The van der Waals surface area contributed by atoms with Gasteiger partial charge in [0.2, 0.25) is 0 Å². The van der Waals surface area contributed by atoms with Crippen LogP contribution in [0.2, 0.25) is 0 Å². The molecule has 0 saturated carbocycles. The van der Waals surface area contributed by atoms with Crippen LogP contribution in [0.1, 0.15) is 19.3 Å². The highest BCUT2D eigenvalue weighted by Gasteiger charge is 2.51. The number of nitrogens with one attached hydrogen (secondary N) is 1. The monoisotopic (exact) mass is 183 g/mol. The van der Waals surface area contributed by atoms with Gasteiger partial charge in [0.1, 0.15) is 0 Å². The summed E-state index contributed by atoms with van der Waals surface area (Å²) in [5, 5.41) is 5.64. The van der Waals surface area contributed by atoms with Gasteiger partial charge in [-0.25, -0.2) is 5.01 Å². The Bertz CT molecular complexity index is 219. The molecule has 4 nitrogen and oxygen atoms in total. The topological polar surface area (TPSA) is 50.5 Å². The van der Waals surface area contributed by atoms with Crippen molar-refractivity contribution in [3.63, 3.8) is 0 Å². The summed E-state index contributed by atoms with van der Waals surface area (Å²) >= 11 is 0. The zero-order chi connectivity index (χ0) is 8.89. The SMILES string of the molecule is NN1C[C@@H]2CC[C@]([C@H]3CCO3)(C1)N2. The number of nitrogens with two attached hydrogens (primary N) is 1. The molecule has 3 saturated heterocycles. The maximum absolute atomic E-state index is 5.90. The second-order valence-corrected chi connectivity index (χ2v) is 4.61. The van der Waals surface area contributed by atoms with Crippen LogP contribution in [0.15, 0.2) is 0 Å². The van der Waals surface area contributed by atoms with Crippen molar-refractivity contribution < 1.29 is 4.74 Å². The molecule has 3 N–H and O–H groups in total. The van der Waals surface area contributed by atoms with Gasteiger partial charge in [-0.05, 0) is 19.3 Å². The van der Waals surface area contributed by atoms with Gasteiger partial charge < -0.3 is 10.1 Å².